The Bertz CT molecular complexity index is 873. The zero-order chi connectivity index (χ0) is 24.9. The summed E-state index contributed by atoms with van der Waals surface area (Å²) in [6.07, 6.45) is -0.496. The number of primary sulfonamides is 1. The maximum atomic E-state index is 11.4. The number of nitro groups is 1. The van der Waals surface area contributed by atoms with Crippen molar-refractivity contribution in [3.05, 3.63) is 28.3 Å². The molecule has 0 aliphatic rings. The zero-order valence-electron chi connectivity index (χ0n) is 19.0. The molecule has 0 aromatic heterocycles. The molecule has 0 bridgehead atoms. The second kappa shape index (κ2) is 13.9. The number of carbonyl (C=O) groups is 1. The third kappa shape index (κ3) is 12.9. The van der Waals surface area contributed by atoms with Gasteiger partial charge in [-0.3, -0.25) is 10.1 Å². The number of nitrogens with two attached hydrogens (primary N) is 1. The highest BCUT2D eigenvalue weighted by Gasteiger charge is 2.19. The van der Waals surface area contributed by atoms with Gasteiger partial charge in [0.25, 0.3) is 5.69 Å². The van der Waals surface area contributed by atoms with E-state index in [1.54, 1.807) is 20.8 Å². The summed E-state index contributed by atoms with van der Waals surface area (Å²) in [7, 11) is -4.03. The molecule has 13 nitrogen and oxygen atoms in total. The van der Waals surface area contributed by atoms with Crippen LogP contribution in [0, 0.1) is 10.1 Å². The van der Waals surface area contributed by atoms with E-state index in [2.05, 4.69) is 10.6 Å². The van der Waals surface area contributed by atoms with E-state index in [1.807, 2.05) is 0 Å². The van der Waals surface area contributed by atoms with Crippen LogP contribution >= 0.6 is 0 Å². The molecule has 0 atom stereocenters. The number of anilines is 1. The van der Waals surface area contributed by atoms with Crippen LogP contribution in [0.2, 0.25) is 0 Å². The van der Waals surface area contributed by atoms with E-state index < -0.39 is 32.3 Å². The summed E-state index contributed by atoms with van der Waals surface area (Å²) in [6, 6.07) is 3.38. The monoisotopic (exact) mass is 492 g/mol. The third-order valence-corrected chi connectivity index (χ3v) is 4.63. The molecule has 0 radical (unpaired) electrons. The van der Waals surface area contributed by atoms with Crippen LogP contribution in [0.1, 0.15) is 20.8 Å². The van der Waals surface area contributed by atoms with Gasteiger partial charge in [-0.1, -0.05) is 0 Å². The normalized spacial score (nSPS) is 11.8. The number of nitro benzene ring substituents is 1. The Kier molecular flexibility index (Phi) is 12.0. The average Bonchev–Trinajstić information content (AvgIpc) is 2.69. The first-order valence-corrected chi connectivity index (χ1v) is 11.7. The summed E-state index contributed by atoms with van der Waals surface area (Å²) in [5, 5.41) is 21.5. The summed E-state index contributed by atoms with van der Waals surface area (Å²) in [4.78, 5) is 21.5. The molecule has 14 heteroatoms. The van der Waals surface area contributed by atoms with Crippen LogP contribution in [0.4, 0.5) is 16.2 Å². The van der Waals surface area contributed by atoms with Gasteiger partial charge in [-0.2, -0.15) is 0 Å². The smallest absolute Gasteiger partial charge is 0.407 e. The predicted molar refractivity (Wildman–Crippen MR) is 120 cm³/mol. The minimum atomic E-state index is -4.03. The maximum absolute atomic E-state index is 11.4. The predicted octanol–water partition coefficient (Wildman–Crippen LogP) is 1.23. The molecule has 1 aromatic rings. The van der Waals surface area contributed by atoms with Gasteiger partial charge in [-0.15, -0.1) is 0 Å². The van der Waals surface area contributed by atoms with Crippen molar-refractivity contribution in [1.29, 1.82) is 0 Å². The lowest BCUT2D eigenvalue weighted by Gasteiger charge is -2.19. The van der Waals surface area contributed by atoms with Crippen LogP contribution < -0.4 is 15.8 Å². The van der Waals surface area contributed by atoms with Gasteiger partial charge in [0.2, 0.25) is 10.0 Å². The number of rotatable bonds is 15. The molecular formula is C19H32N4O9S. The van der Waals surface area contributed by atoms with E-state index in [4.69, 9.17) is 24.1 Å². The Morgan fingerprint density at radius 2 is 1.58 bits per heavy atom. The number of nitrogens with one attached hydrogen (secondary N) is 2. The molecule has 0 fully saturated rings. The SMILES string of the molecule is CC(C)(C)OC(=O)NCCOCCOCCOCCNc1ccc(S(N)(=O)=O)cc1[N+](=O)[O-]. The van der Waals surface area contributed by atoms with Gasteiger partial charge in [0, 0.05) is 19.2 Å². The Labute approximate surface area is 193 Å². The first-order valence-electron chi connectivity index (χ1n) is 10.2. The van der Waals surface area contributed by atoms with Gasteiger partial charge in [0.05, 0.1) is 49.5 Å². The summed E-state index contributed by atoms with van der Waals surface area (Å²) < 4.78 is 43.8. The second-order valence-electron chi connectivity index (χ2n) is 7.67. The van der Waals surface area contributed by atoms with E-state index in [-0.39, 0.29) is 23.7 Å². The second-order valence-corrected chi connectivity index (χ2v) is 9.24. The highest BCUT2D eigenvalue weighted by atomic mass is 32.2. The Hall–Kier alpha value is -2.52. The van der Waals surface area contributed by atoms with Crippen molar-refractivity contribution in [2.24, 2.45) is 5.14 Å². The van der Waals surface area contributed by atoms with E-state index >= 15 is 0 Å². The van der Waals surface area contributed by atoms with Gasteiger partial charge in [-0.05, 0) is 32.9 Å². The number of benzene rings is 1. The topological polar surface area (TPSA) is 181 Å². The number of carbonyl (C=O) groups excluding carboxylic acids is 1. The quantitative estimate of drug-likeness (QED) is 0.183. The van der Waals surface area contributed by atoms with Crippen LogP contribution in [0.25, 0.3) is 0 Å². The lowest BCUT2D eigenvalue weighted by atomic mass is 10.2. The van der Waals surface area contributed by atoms with Crippen LogP contribution in [-0.4, -0.2) is 77.8 Å². The van der Waals surface area contributed by atoms with Crippen molar-refractivity contribution in [2.45, 2.75) is 31.3 Å². The van der Waals surface area contributed by atoms with E-state index in [1.165, 1.54) is 12.1 Å². The minimum Gasteiger partial charge on any atom is -0.444 e. The fraction of sp³-hybridized carbons (Fsp3) is 0.632. The number of amides is 1. The summed E-state index contributed by atoms with van der Waals surface area (Å²) in [6.45, 7) is 7.89. The van der Waals surface area contributed by atoms with Gasteiger partial charge in [0.15, 0.2) is 0 Å². The highest BCUT2D eigenvalue weighted by Crippen LogP contribution is 2.26. The molecular weight excluding hydrogens is 460 g/mol. The molecule has 0 saturated carbocycles. The van der Waals surface area contributed by atoms with Crippen LogP contribution in [-0.2, 0) is 29.0 Å². The Morgan fingerprint density at radius 1 is 1.03 bits per heavy atom. The minimum absolute atomic E-state index is 0.158. The molecule has 33 heavy (non-hydrogen) atoms. The number of nitrogens with zero attached hydrogens (tertiary/aromatic N) is 1. The van der Waals surface area contributed by atoms with Gasteiger partial charge in [-0.25, -0.2) is 18.4 Å². The van der Waals surface area contributed by atoms with Crippen LogP contribution in [0.15, 0.2) is 23.1 Å². The summed E-state index contributed by atoms with van der Waals surface area (Å²) in [5.41, 5.74) is -0.784. The number of hydrogen-bond donors (Lipinski definition) is 3. The molecule has 4 N–H and O–H groups in total. The molecule has 1 amide bonds. The summed E-state index contributed by atoms with van der Waals surface area (Å²) >= 11 is 0. The van der Waals surface area contributed by atoms with Crippen molar-refractivity contribution in [3.8, 4) is 0 Å². The van der Waals surface area contributed by atoms with Crippen molar-refractivity contribution >= 4 is 27.5 Å². The van der Waals surface area contributed by atoms with Gasteiger partial charge in [0.1, 0.15) is 11.3 Å². The van der Waals surface area contributed by atoms with Crippen molar-refractivity contribution < 1.29 is 37.1 Å². The van der Waals surface area contributed by atoms with Gasteiger partial charge < -0.3 is 29.6 Å². The largest absolute Gasteiger partial charge is 0.444 e. The van der Waals surface area contributed by atoms with Crippen LogP contribution in [0.5, 0.6) is 0 Å². The molecule has 0 unspecified atom stereocenters. The zero-order valence-corrected chi connectivity index (χ0v) is 19.8. The lowest BCUT2D eigenvalue weighted by molar-refractivity contribution is -0.384. The number of ether oxygens (including phenoxy) is 4. The van der Waals surface area contributed by atoms with Crippen molar-refractivity contribution in [2.75, 3.05) is 58.0 Å². The van der Waals surface area contributed by atoms with E-state index in [0.717, 1.165) is 6.07 Å². The first kappa shape index (κ1) is 28.5. The molecule has 0 heterocycles. The Morgan fingerprint density at radius 3 is 2.09 bits per heavy atom. The van der Waals surface area contributed by atoms with Crippen molar-refractivity contribution in [3.63, 3.8) is 0 Å². The fourth-order valence-electron chi connectivity index (χ4n) is 2.33. The highest BCUT2D eigenvalue weighted by molar-refractivity contribution is 7.89. The number of hydrogen-bond acceptors (Lipinski definition) is 10. The number of alkyl carbamates (subject to hydrolysis) is 1. The first-order chi connectivity index (χ1) is 15.4. The maximum Gasteiger partial charge on any atom is 0.407 e. The molecule has 0 saturated heterocycles. The van der Waals surface area contributed by atoms with E-state index in [0.29, 0.717) is 39.6 Å². The molecule has 0 spiro atoms. The standard InChI is InChI=1S/C19H32N4O9S/c1-19(2,3)32-18(24)22-7-9-30-11-13-31-12-10-29-8-6-21-16-5-4-15(33(20,27)28)14-17(16)23(25)26/h4-5,14,21H,6-13H2,1-3H3,(H,22,24)(H2,20,27,28). The fourth-order valence-corrected chi connectivity index (χ4v) is 2.86. The number of sulfonamides is 1. The third-order valence-electron chi connectivity index (χ3n) is 3.71. The lowest BCUT2D eigenvalue weighted by Crippen LogP contribution is -2.34. The molecule has 0 aliphatic heterocycles. The molecule has 1 aromatic carbocycles. The molecule has 188 valence electrons. The Balaban J connectivity index is 2.08. The molecule has 1 rings (SSSR count). The molecule has 0 aliphatic carbocycles. The summed E-state index contributed by atoms with van der Waals surface area (Å²) in [5.74, 6) is 0. The average molecular weight is 493 g/mol. The van der Waals surface area contributed by atoms with E-state index in [9.17, 15) is 23.3 Å². The van der Waals surface area contributed by atoms with Crippen molar-refractivity contribution in [1.82, 2.24) is 5.32 Å². The van der Waals surface area contributed by atoms with Gasteiger partial charge >= 0.3 is 6.09 Å². The van der Waals surface area contributed by atoms with Crippen LogP contribution in [0.3, 0.4) is 0 Å².